The van der Waals surface area contributed by atoms with Crippen LogP contribution >= 0.6 is 11.3 Å². The van der Waals surface area contributed by atoms with Crippen LogP contribution in [0.25, 0.3) is 31.8 Å². The molecule has 30 heavy (non-hydrogen) atoms. The second kappa shape index (κ2) is 8.77. The van der Waals surface area contributed by atoms with E-state index in [-0.39, 0.29) is 82.2 Å². The van der Waals surface area contributed by atoms with Crippen molar-refractivity contribution in [3.8, 4) is 0 Å². The van der Waals surface area contributed by atoms with E-state index in [0.717, 1.165) is 16.6 Å². The van der Waals surface area contributed by atoms with Gasteiger partial charge in [-0.25, -0.2) is 0 Å². The Kier molecular flexibility index (Phi) is 6.87. The molecule has 0 nitrogen and oxygen atoms in total. The van der Waals surface area contributed by atoms with Crippen molar-refractivity contribution in [2.75, 3.05) is 0 Å². The molecule has 0 atom stereocenters. The van der Waals surface area contributed by atoms with Gasteiger partial charge in [-0.1, -0.05) is 0 Å². The molecule has 0 bridgehead atoms. The van der Waals surface area contributed by atoms with Crippen LogP contribution in [0.4, 0.5) is 0 Å². The molecule has 0 fully saturated rings. The average Bonchev–Trinajstić information content (AvgIpc) is 3.38. The molecule has 5 rings (SSSR count). The second-order valence-electron chi connectivity index (χ2n) is 9.14. The van der Waals surface area contributed by atoms with Gasteiger partial charge in [0.2, 0.25) is 0 Å². The van der Waals surface area contributed by atoms with Crippen LogP contribution in [0.1, 0.15) is 41.5 Å². The van der Waals surface area contributed by atoms with Crippen LogP contribution in [0.5, 0.6) is 0 Å². The molecule has 0 aliphatic rings. The zero-order chi connectivity index (χ0) is 21.4. The summed E-state index contributed by atoms with van der Waals surface area (Å²) < 4.78 is 17.3. The first-order valence-corrected chi connectivity index (χ1v) is 24.2. The van der Waals surface area contributed by atoms with E-state index in [9.17, 15) is 0 Å². The SMILES string of the molecule is C[Te]c1c([Si](C(C)C)(C(C)C)C(C)C)[te]c2c1[te]c1c3sc4ccccc4c3[te]c21. The van der Waals surface area contributed by atoms with Crippen LogP contribution in [0.2, 0.25) is 21.6 Å². The predicted molar refractivity (Wildman–Crippen MR) is 147 cm³/mol. The van der Waals surface area contributed by atoms with E-state index < -0.39 is 8.07 Å². The quantitative estimate of drug-likeness (QED) is 0.196. The van der Waals surface area contributed by atoms with Crippen LogP contribution in [0.15, 0.2) is 24.3 Å². The van der Waals surface area contributed by atoms with Crippen molar-refractivity contribution < 1.29 is 0 Å². The predicted octanol–water partition coefficient (Wildman–Crippen LogP) is 5.80. The minimum atomic E-state index is -1.45. The van der Waals surface area contributed by atoms with E-state index in [1.54, 1.807) is 14.8 Å². The van der Waals surface area contributed by atoms with Gasteiger partial charge in [0.15, 0.2) is 0 Å². The fourth-order valence-electron chi connectivity index (χ4n) is 5.77. The van der Waals surface area contributed by atoms with Crippen LogP contribution < -0.4 is 6.81 Å². The molecule has 0 saturated heterocycles. The standard InChI is InChI=1S/C24H28SSiTe4/c1-12(2)26(13(3)4,14(5)6)24-23(27-7)22-21(30-24)20-19(29-22)17-18(28-20)15-10-8-9-11-16(15)25-17/h8-14H,1-7H3. The van der Waals surface area contributed by atoms with E-state index in [4.69, 9.17) is 0 Å². The van der Waals surface area contributed by atoms with Crippen molar-refractivity contribution in [2.45, 2.75) is 63.1 Å². The maximum absolute atomic E-state index is 2.60. The first-order chi connectivity index (χ1) is 14.3. The van der Waals surface area contributed by atoms with E-state index in [1.165, 1.54) is 0 Å². The van der Waals surface area contributed by atoms with Crippen molar-refractivity contribution in [3.63, 3.8) is 0 Å². The summed E-state index contributed by atoms with van der Waals surface area (Å²) in [5, 5.41) is 1.61. The molecule has 6 heteroatoms. The van der Waals surface area contributed by atoms with Gasteiger partial charge in [-0.15, -0.1) is 0 Å². The van der Waals surface area contributed by atoms with Crippen molar-refractivity contribution >= 4 is 140 Å². The molecule has 4 aromatic heterocycles. The topological polar surface area (TPSA) is 0 Å². The number of hydrogen-bond acceptors (Lipinski definition) is 1. The Labute approximate surface area is 224 Å². The third kappa shape index (κ3) is 3.27. The van der Waals surface area contributed by atoms with Crippen molar-refractivity contribution in [3.05, 3.63) is 24.3 Å². The van der Waals surface area contributed by atoms with Crippen LogP contribution in [-0.2, 0) is 0 Å². The number of fused-ring (bicyclic) bond motifs is 7. The third-order valence-corrected chi connectivity index (χ3v) is 38.4. The van der Waals surface area contributed by atoms with Gasteiger partial charge in [-0.05, 0) is 0 Å². The molecule has 0 saturated carbocycles. The zero-order valence-electron chi connectivity index (χ0n) is 18.6. The summed E-state index contributed by atoms with van der Waals surface area (Å²) in [6.45, 7) is 15.5. The average molecular weight is 887 g/mol. The molecule has 0 amide bonds. The van der Waals surface area contributed by atoms with Crippen LogP contribution in [0, 0.1) is 0 Å². The molecule has 1 aromatic carbocycles. The van der Waals surface area contributed by atoms with Crippen molar-refractivity contribution in [1.29, 1.82) is 0 Å². The first kappa shape index (κ1) is 23.5. The van der Waals surface area contributed by atoms with Crippen LogP contribution in [-0.4, -0.2) is 90.3 Å². The summed E-state index contributed by atoms with van der Waals surface area (Å²) in [7, 11) is -1.45. The van der Waals surface area contributed by atoms with E-state index in [2.05, 4.69) is 85.3 Å². The number of hydrogen-bond donors (Lipinski definition) is 0. The van der Waals surface area contributed by atoms with Gasteiger partial charge >= 0.3 is 228 Å². The summed E-state index contributed by atoms with van der Waals surface area (Å²) >= 11 is 1.68. The number of thiophene rings is 1. The van der Waals surface area contributed by atoms with Gasteiger partial charge in [0.25, 0.3) is 0 Å². The van der Waals surface area contributed by atoms with E-state index >= 15 is 0 Å². The summed E-state index contributed by atoms with van der Waals surface area (Å²) in [5.41, 5.74) is 2.64. The molecular weight excluding hydrogens is 859 g/mol. The van der Waals surface area contributed by atoms with Crippen molar-refractivity contribution in [1.82, 2.24) is 0 Å². The molecule has 5 aromatic rings. The summed E-state index contributed by atoms with van der Waals surface area (Å²) in [5.74, 6) is 0. The Hall–Kier alpha value is 1.78. The second-order valence-corrected chi connectivity index (χ2v) is 28.2. The normalized spacial score (nSPS) is 13.5. The molecule has 0 aliphatic heterocycles. The third-order valence-electron chi connectivity index (χ3n) is 6.86. The molecule has 0 radical (unpaired) electrons. The van der Waals surface area contributed by atoms with Gasteiger partial charge in [-0.2, -0.15) is 0 Å². The molecule has 0 unspecified atom stereocenters. The Morgan fingerprint density at radius 3 is 2.00 bits per heavy atom. The van der Waals surface area contributed by atoms with Crippen LogP contribution in [0.3, 0.4) is 0 Å². The summed E-state index contributed by atoms with van der Waals surface area (Å²) in [4.78, 5) is 2.60. The molecule has 158 valence electrons. The van der Waals surface area contributed by atoms with Gasteiger partial charge < -0.3 is 0 Å². The Balaban J connectivity index is 1.86. The molecule has 4 heterocycles. The van der Waals surface area contributed by atoms with Crippen molar-refractivity contribution in [2.24, 2.45) is 0 Å². The van der Waals surface area contributed by atoms with E-state index in [1.807, 2.05) is 20.6 Å². The van der Waals surface area contributed by atoms with Gasteiger partial charge in [0.1, 0.15) is 0 Å². The molecule has 0 spiro atoms. The maximum atomic E-state index is 2.60. The summed E-state index contributed by atoms with van der Waals surface area (Å²) in [6, 6.07) is 9.24. The molecule has 0 aliphatic carbocycles. The zero-order valence-corrected chi connectivity index (χ0v) is 29.7. The monoisotopic (exact) mass is 896 g/mol. The minimum absolute atomic E-state index is 0.00921. The number of rotatable bonds is 5. The fourth-order valence-corrected chi connectivity index (χ4v) is 47.7. The Morgan fingerprint density at radius 1 is 0.767 bits per heavy atom. The summed E-state index contributed by atoms with van der Waals surface area (Å²) in [6.07, 6.45) is 0. The Morgan fingerprint density at radius 2 is 1.37 bits per heavy atom. The van der Waals surface area contributed by atoms with Gasteiger partial charge in [0, 0.05) is 0 Å². The molecule has 0 N–H and O–H groups in total. The number of benzene rings is 1. The molecular formula is C24H28SSiTe4. The fraction of sp³-hybridized carbons (Fsp3) is 0.417. The Bertz CT molecular complexity index is 1360. The van der Waals surface area contributed by atoms with E-state index in [0.29, 0.717) is 0 Å². The van der Waals surface area contributed by atoms with Gasteiger partial charge in [-0.3, -0.25) is 0 Å². The van der Waals surface area contributed by atoms with Gasteiger partial charge in [0.05, 0.1) is 0 Å². The first-order valence-electron chi connectivity index (χ1n) is 10.7.